The van der Waals surface area contributed by atoms with Crippen LogP contribution in [-0.4, -0.2) is 4.98 Å². The molecule has 0 radical (unpaired) electrons. The summed E-state index contributed by atoms with van der Waals surface area (Å²) in [6, 6.07) is 3.85. The quantitative estimate of drug-likeness (QED) is 0.810. The van der Waals surface area contributed by atoms with Gasteiger partial charge in [-0.25, -0.2) is 0 Å². The normalized spacial score (nSPS) is 8.71. The van der Waals surface area contributed by atoms with E-state index in [1.807, 2.05) is 12.1 Å². The van der Waals surface area contributed by atoms with E-state index in [2.05, 4.69) is 50.0 Å². The zero-order valence-corrected chi connectivity index (χ0v) is 12.0. The standard InChI is InChI=1S/C11H14N2S.C3H8/c1-9(2)8-14-10(3)13-11-5-4-6-12-7-11;1-3-2/h4-8,13H,3H2,1-2H3;3H2,1-2H3. The van der Waals surface area contributed by atoms with Gasteiger partial charge in [-0.15, -0.1) is 0 Å². The Morgan fingerprint density at radius 1 is 1.47 bits per heavy atom. The fourth-order valence-corrected chi connectivity index (χ4v) is 1.37. The van der Waals surface area contributed by atoms with Crippen LogP contribution < -0.4 is 5.32 Å². The first-order chi connectivity index (χ1) is 8.10. The van der Waals surface area contributed by atoms with E-state index in [1.54, 1.807) is 24.2 Å². The van der Waals surface area contributed by atoms with Crippen LogP contribution in [0.1, 0.15) is 34.1 Å². The first-order valence-electron chi connectivity index (χ1n) is 5.76. The molecule has 0 saturated carbocycles. The third kappa shape index (κ3) is 9.69. The molecule has 3 heteroatoms. The van der Waals surface area contributed by atoms with Gasteiger partial charge in [0.2, 0.25) is 0 Å². The number of nitrogens with one attached hydrogen (secondary N) is 1. The minimum Gasteiger partial charge on any atom is -0.349 e. The van der Waals surface area contributed by atoms with Crippen LogP contribution in [0.2, 0.25) is 0 Å². The van der Waals surface area contributed by atoms with Crippen LogP contribution >= 0.6 is 11.8 Å². The van der Waals surface area contributed by atoms with Gasteiger partial charge in [-0.2, -0.15) is 0 Å². The lowest BCUT2D eigenvalue weighted by Gasteiger charge is -2.05. The Hall–Kier alpha value is -1.22. The second-order valence-corrected chi connectivity index (χ2v) is 4.77. The smallest absolute Gasteiger partial charge is 0.0695 e. The highest BCUT2D eigenvalue weighted by Gasteiger charge is 1.93. The van der Waals surface area contributed by atoms with E-state index in [-0.39, 0.29) is 0 Å². The summed E-state index contributed by atoms with van der Waals surface area (Å²) in [4.78, 5) is 4.00. The molecular formula is C14H22N2S. The average molecular weight is 250 g/mol. The molecule has 1 aromatic rings. The summed E-state index contributed by atoms with van der Waals surface area (Å²) in [6.45, 7) is 12.3. The first-order valence-corrected chi connectivity index (χ1v) is 6.64. The lowest BCUT2D eigenvalue weighted by atomic mass is 10.4. The minimum atomic E-state index is 0.902. The average Bonchev–Trinajstić information content (AvgIpc) is 2.29. The maximum absolute atomic E-state index is 4.00. The largest absolute Gasteiger partial charge is 0.349 e. The molecule has 0 aliphatic rings. The molecule has 0 bridgehead atoms. The molecule has 0 unspecified atom stereocenters. The first kappa shape index (κ1) is 15.8. The molecule has 0 spiro atoms. The van der Waals surface area contributed by atoms with Crippen molar-refractivity contribution in [3.05, 3.63) is 47.1 Å². The molecule has 0 atom stereocenters. The molecule has 1 rings (SSSR count). The fourth-order valence-electron chi connectivity index (χ4n) is 0.816. The summed E-state index contributed by atoms with van der Waals surface area (Å²) in [5.41, 5.74) is 2.23. The van der Waals surface area contributed by atoms with E-state index in [9.17, 15) is 0 Å². The van der Waals surface area contributed by atoms with Gasteiger partial charge in [0, 0.05) is 6.20 Å². The van der Waals surface area contributed by atoms with Gasteiger partial charge in [-0.1, -0.05) is 44.2 Å². The molecule has 0 fully saturated rings. The fraction of sp³-hybridized carbons (Fsp3) is 0.357. The Labute approximate surface area is 109 Å². The molecule has 2 nitrogen and oxygen atoms in total. The Kier molecular flexibility index (Phi) is 9.25. The summed E-state index contributed by atoms with van der Waals surface area (Å²) in [6.07, 6.45) is 4.77. The number of anilines is 1. The predicted molar refractivity (Wildman–Crippen MR) is 80.0 cm³/mol. The summed E-state index contributed by atoms with van der Waals surface area (Å²) in [5.74, 6) is 0. The van der Waals surface area contributed by atoms with Gasteiger partial charge in [0.1, 0.15) is 0 Å². The van der Waals surface area contributed by atoms with E-state index in [4.69, 9.17) is 0 Å². The van der Waals surface area contributed by atoms with Gasteiger partial charge in [-0.3, -0.25) is 4.98 Å². The van der Waals surface area contributed by atoms with Crippen molar-refractivity contribution in [3.8, 4) is 0 Å². The van der Waals surface area contributed by atoms with Crippen molar-refractivity contribution < 1.29 is 0 Å². The van der Waals surface area contributed by atoms with E-state index in [0.29, 0.717) is 0 Å². The highest BCUT2D eigenvalue weighted by atomic mass is 32.2. The van der Waals surface area contributed by atoms with Crippen LogP contribution in [0, 0.1) is 0 Å². The van der Waals surface area contributed by atoms with Gasteiger partial charge in [0.15, 0.2) is 0 Å². The van der Waals surface area contributed by atoms with E-state index >= 15 is 0 Å². The maximum Gasteiger partial charge on any atom is 0.0695 e. The monoisotopic (exact) mass is 250 g/mol. The molecule has 1 heterocycles. The lowest BCUT2D eigenvalue weighted by Crippen LogP contribution is -1.93. The number of pyridine rings is 1. The molecule has 0 amide bonds. The van der Waals surface area contributed by atoms with Crippen molar-refractivity contribution in [2.24, 2.45) is 0 Å². The van der Waals surface area contributed by atoms with Crippen molar-refractivity contribution in [1.29, 1.82) is 0 Å². The third-order valence-corrected chi connectivity index (χ3v) is 2.36. The number of aromatic nitrogens is 1. The van der Waals surface area contributed by atoms with Crippen LogP contribution in [-0.2, 0) is 0 Å². The number of thioether (sulfide) groups is 1. The van der Waals surface area contributed by atoms with Crippen LogP contribution in [0.3, 0.4) is 0 Å². The molecule has 1 aromatic heterocycles. The van der Waals surface area contributed by atoms with Crippen LogP contribution in [0.4, 0.5) is 5.69 Å². The molecule has 0 aliphatic carbocycles. The van der Waals surface area contributed by atoms with Crippen molar-refractivity contribution in [3.63, 3.8) is 0 Å². The lowest BCUT2D eigenvalue weighted by molar-refractivity contribution is 1.09. The van der Waals surface area contributed by atoms with Crippen LogP contribution in [0.25, 0.3) is 0 Å². The van der Waals surface area contributed by atoms with Crippen LogP contribution in [0.5, 0.6) is 0 Å². The number of hydrogen-bond donors (Lipinski definition) is 1. The van der Waals surface area contributed by atoms with Crippen molar-refractivity contribution in [2.45, 2.75) is 34.1 Å². The van der Waals surface area contributed by atoms with Gasteiger partial charge in [0.25, 0.3) is 0 Å². The van der Waals surface area contributed by atoms with Gasteiger partial charge < -0.3 is 5.32 Å². The molecular weight excluding hydrogens is 228 g/mol. The highest BCUT2D eigenvalue weighted by molar-refractivity contribution is 8.05. The Balaban J connectivity index is 0.000000770. The molecule has 17 heavy (non-hydrogen) atoms. The van der Waals surface area contributed by atoms with Gasteiger partial charge in [-0.05, 0) is 31.4 Å². The Bertz CT molecular complexity index is 340. The number of allylic oxidation sites excluding steroid dienone is 1. The van der Waals surface area contributed by atoms with E-state index in [0.717, 1.165) is 10.7 Å². The SMILES string of the molecule is C=C(Nc1cccnc1)SC=C(C)C.CCC. The second-order valence-electron chi connectivity index (χ2n) is 3.81. The highest BCUT2D eigenvalue weighted by Crippen LogP contribution is 2.19. The third-order valence-electron chi connectivity index (χ3n) is 1.38. The van der Waals surface area contributed by atoms with Gasteiger partial charge in [0.05, 0.1) is 16.9 Å². The Morgan fingerprint density at radius 3 is 2.59 bits per heavy atom. The predicted octanol–water partition coefficient (Wildman–Crippen LogP) is 5.04. The Morgan fingerprint density at radius 2 is 2.12 bits per heavy atom. The van der Waals surface area contributed by atoms with Gasteiger partial charge >= 0.3 is 0 Å². The summed E-state index contributed by atoms with van der Waals surface area (Å²) in [5, 5.41) is 6.12. The molecule has 94 valence electrons. The molecule has 0 aromatic carbocycles. The number of hydrogen-bond acceptors (Lipinski definition) is 3. The summed E-state index contributed by atoms with van der Waals surface area (Å²) < 4.78 is 0. The molecule has 1 N–H and O–H groups in total. The van der Waals surface area contributed by atoms with E-state index < -0.39 is 0 Å². The van der Waals surface area contributed by atoms with E-state index in [1.165, 1.54) is 12.0 Å². The van der Waals surface area contributed by atoms with Crippen molar-refractivity contribution in [1.82, 2.24) is 4.98 Å². The summed E-state index contributed by atoms with van der Waals surface area (Å²) >= 11 is 1.58. The maximum atomic E-state index is 4.00. The minimum absolute atomic E-state index is 0.902. The van der Waals surface area contributed by atoms with Crippen LogP contribution in [0.15, 0.2) is 47.1 Å². The zero-order valence-electron chi connectivity index (χ0n) is 11.2. The number of nitrogens with zero attached hydrogens (tertiary/aromatic N) is 1. The van der Waals surface area contributed by atoms with Crippen molar-refractivity contribution >= 4 is 17.4 Å². The molecule has 0 saturated heterocycles. The number of rotatable bonds is 4. The van der Waals surface area contributed by atoms with Crippen molar-refractivity contribution in [2.75, 3.05) is 5.32 Å². The zero-order chi connectivity index (χ0) is 13.1. The molecule has 0 aliphatic heterocycles. The second kappa shape index (κ2) is 9.97. The summed E-state index contributed by atoms with van der Waals surface area (Å²) in [7, 11) is 0. The topological polar surface area (TPSA) is 24.9 Å².